The zero-order valence-corrected chi connectivity index (χ0v) is 13.2. The summed E-state index contributed by atoms with van der Waals surface area (Å²) in [7, 11) is 2.15. The number of nitrogens with zero attached hydrogens (tertiary/aromatic N) is 2. The molecule has 2 rings (SSSR count). The van der Waals surface area contributed by atoms with Crippen LogP contribution in [0.25, 0.3) is 0 Å². The SMILES string of the molecule is CC1CN(C)CCCN1CC(=O)c1ccc(Br)cc1. The number of carbonyl (C=O) groups is 1. The van der Waals surface area contributed by atoms with Gasteiger partial charge in [0.25, 0.3) is 0 Å². The molecule has 4 heteroatoms. The van der Waals surface area contributed by atoms with E-state index >= 15 is 0 Å². The second kappa shape index (κ2) is 6.64. The fourth-order valence-corrected chi connectivity index (χ4v) is 2.83. The largest absolute Gasteiger partial charge is 0.305 e. The van der Waals surface area contributed by atoms with Crippen molar-refractivity contribution in [1.82, 2.24) is 9.80 Å². The van der Waals surface area contributed by atoms with Gasteiger partial charge in [-0.3, -0.25) is 9.69 Å². The van der Waals surface area contributed by atoms with Gasteiger partial charge in [0.05, 0.1) is 6.54 Å². The lowest BCUT2D eigenvalue weighted by Crippen LogP contribution is -2.40. The van der Waals surface area contributed by atoms with Crippen molar-refractivity contribution in [3.63, 3.8) is 0 Å². The van der Waals surface area contributed by atoms with Gasteiger partial charge in [-0.25, -0.2) is 0 Å². The molecule has 19 heavy (non-hydrogen) atoms. The Hall–Kier alpha value is -0.710. The molecule has 1 atom stereocenters. The fourth-order valence-electron chi connectivity index (χ4n) is 2.57. The van der Waals surface area contributed by atoms with Crippen LogP contribution in [-0.2, 0) is 0 Å². The summed E-state index contributed by atoms with van der Waals surface area (Å²) in [6.07, 6.45) is 1.13. The summed E-state index contributed by atoms with van der Waals surface area (Å²) >= 11 is 3.39. The van der Waals surface area contributed by atoms with Gasteiger partial charge in [-0.2, -0.15) is 0 Å². The molecule has 104 valence electrons. The summed E-state index contributed by atoms with van der Waals surface area (Å²) in [5.41, 5.74) is 0.799. The van der Waals surface area contributed by atoms with Gasteiger partial charge in [0, 0.05) is 29.2 Å². The van der Waals surface area contributed by atoms with Crippen LogP contribution in [-0.4, -0.2) is 54.9 Å². The topological polar surface area (TPSA) is 23.6 Å². The monoisotopic (exact) mass is 324 g/mol. The van der Waals surface area contributed by atoms with E-state index in [1.807, 2.05) is 24.3 Å². The number of halogens is 1. The van der Waals surface area contributed by atoms with Crippen LogP contribution in [0.3, 0.4) is 0 Å². The molecule has 0 amide bonds. The summed E-state index contributed by atoms with van der Waals surface area (Å²) in [6.45, 7) is 5.89. The molecule has 1 saturated heterocycles. The van der Waals surface area contributed by atoms with Crippen molar-refractivity contribution in [3.05, 3.63) is 34.3 Å². The van der Waals surface area contributed by atoms with Crippen molar-refractivity contribution in [2.24, 2.45) is 0 Å². The number of likely N-dealkylation sites (N-methyl/N-ethyl adjacent to an activating group) is 1. The second-order valence-corrected chi connectivity index (χ2v) is 6.28. The third-order valence-electron chi connectivity index (χ3n) is 3.70. The molecule has 1 heterocycles. The zero-order valence-electron chi connectivity index (χ0n) is 11.6. The molecular formula is C15H21BrN2O. The maximum atomic E-state index is 12.3. The fraction of sp³-hybridized carbons (Fsp3) is 0.533. The molecule has 0 bridgehead atoms. The molecule has 1 aromatic rings. The molecule has 0 saturated carbocycles. The van der Waals surface area contributed by atoms with Crippen molar-refractivity contribution < 1.29 is 4.79 Å². The van der Waals surface area contributed by atoms with E-state index in [2.05, 4.69) is 39.7 Å². The Morgan fingerprint density at radius 1 is 1.32 bits per heavy atom. The Morgan fingerprint density at radius 2 is 2.00 bits per heavy atom. The minimum Gasteiger partial charge on any atom is -0.305 e. The van der Waals surface area contributed by atoms with Crippen molar-refractivity contribution >= 4 is 21.7 Å². The number of Topliss-reactive ketones (excluding diaryl/α,β-unsaturated/α-hetero) is 1. The average Bonchev–Trinajstić information content (AvgIpc) is 2.52. The average molecular weight is 325 g/mol. The van der Waals surface area contributed by atoms with Gasteiger partial charge in [-0.15, -0.1) is 0 Å². The molecule has 1 aliphatic heterocycles. The highest BCUT2D eigenvalue weighted by atomic mass is 79.9. The van der Waals surface area contributed by atoms with Crippen LogP contribution in [0.5, 0.6) is 0 Å². The van der Waals surface area contributed by atoms with Gasteiger partial charge >= 0.3 is 0 Å². The number of benzene rings is 1. The Bertz CT molecular complexity index is 432. The summed E-state index contributed by atoms with van der Waals surface area (Å²) in [5.74, 6) is 0.212. The van der Waals surface area contributed by atoms with Crippen molar-refractivity contribution in [2.45, 2.75) is 19.4 Å². The van der Waals surface area contributed by atoms with Crippen molar-refractivity contribution in [1.29, 1.82) is 0 Å². The first kappa shape index (κ1) is 14.7. The van der Waals surface area contributed by atoms with Crippen molar-refractivity contribution in [2.75, 3.05) is 33.2 Å². The minimum absolute atomic E-state index is 0.212. The minimum atomic E-state index is 0.212. The van der Waals surface area contributed by atoms with E-state index in [0.717, 1.165) is 36.1 Å². The van der Waals surface area contributed by atoms with Gasteiger partial charge in [-0.05, 0) is 39.1 Å². The van der Waals surface area contributed by atoms with Crippen LogP contribution in [0, 0.1) is 0 Å². The van der Waals surface area contributed by atoms with Crippen LogP contribution >= 0.6 is 15.9 Å². The predicted molar refractivity (Wildman–Crippen MR) is 81.6 cm³/mol. The Balaban J connectivity index is 1.99. The first-order valence-electron chi connectivity index (χ1n) is 6.77. The maximum Gasteiger partial charge on any atom is 0.176 e. The third kappa shape index (κ3) is 4.13. The van der Waals surface area contributed by atoms with E-state index in [9.17, 15) is 4.79 Å². The first-order chi connectivity index (χ1) is 9.06. The quantitative estimate of drug-likeness (QED) is 0.799. The molecule has 0 spiro atoms. The third-order valence-corrected chi connectivity index (χ3v) is 4.23. The van der Waals surface area contributed by atoms with Crippen LogP contribution < -0.4 is 0 Å². The molecule has 1 aromatic carbocycles. The van der Waals surface area contributed by atoms with Crippen LogP contribution in [0.1, 0.15) is 23.7 Å². The first-order valence-corrected chi connectivity index (χ1v) is 7.57. The van der Waals surface area contributed by atoms with Crippen LogP contribution in [0.15, 0.2) is 28.7 Å². The summed E-state index contributed by atoms with van der Waals surface area (Å²) in [6, 6.07) is 8.06. The number of hydrogen-bond acceptors (Lipinski definition) is 3. The van der Waals surface area contributed by atoms with E-state index in [1.54, 1.807) is 0 Å². The zero-order chi connectivity index (χ0) is 13.8. The molecular weight excluding hydrogens is 304 g/mol. The molecule has 0 aromatic heterocycles. The molecule has 0 N–H and O–H groups in total. The van der Waals surface area contributed by atoms with E-state index in [1.165, 1.54) is 0 Å². The number of ketones is 1. The van der Waals surface area contributed by atoms with E-state index in [0.29, 0.717) is 12.6 Å². The van der Waals surface area contributed by atoms with E-state index in [4.69, 9.17) is 0 Å². The van der Waals surface area contributed by atoms with Gasteiger partial charge in [0.1, 0.15) is 0 Å². The highest BCUT2D eigenvalue weighted by Crippen LogP contribution is 2.13. The normalized spacial score (nSPS) is 22.2. The van der Waals surface area contributed by atoms with Gasteiger partial charge < -0.3 is 4.90 Å². The van der Waals surface area contributed by atoms with E-state index in [-0.39, 0.29) is 5.78 Å². The van der Waals surface area contributed by atoms with Gasteiger partial charge in [0.2, 0.25) is 0 Å². The highest BCUT2D eigenvalue weighted by Gasteiger charge is 2.21. The maximum absolute atomic E-state index is 12.3. The highest BCUT2D eigenvalue weighted by molar-refractivity contribution is 9.10. The molecule has 1 fully saturated rings. The second-order valence-electron chi connectivity index (χ2n) is 5.37. The molecule has 0 aliphatic carbocycles. The lowest BCUT2D eigenvalue weighted by Gasteiger charge is -2.27. The predicted octanol–water partition coefficient (Wildman–Crippen LogP) is 2.66. The van der Waals surface area contributed by atoms with E-state index < -0.39 is 0 Å². The smallest absolute Gasteiger partial charge is 0.176 e. The lowest BCUT2D eigenvalue weighted by atomic mass is 10.1. The Kier molecular flexibility index (Phi) is 5.13. The van der Waals surface area contributed by atoms with Crippen molar-refractivity contribution in [3.8, 4) is 0 Å². The Morgan fingerprint density at radius 3 is 2.68 bits per heavy atom. The number of hydrogen-bond donors (Lipinski definition) is 0. The molecule has 1 unspecified atom stereocenters. The standard InChI is InChI=1S/C15H21BrN2O/c1-12-10-17(2)8-3-9-18(12)11-15(19)13-4-6-14(16)7-5-13/h4-7,12H,3,8-11H2,1-2H3. The van der Waals surface area contributed by atoms with Crippen LogP contribution in [0.4, 0.5) is 0 Å². The Labute approximate surface area is 123 Å². The lowest BCUT2D eigenvalue weighted by molar-refractivity contribution is 0.0900. The summed E-state index contributed by atoms with van der Waals surface area (Å²) in [5, 5.41) is 0. The number of carbonyl (C=O) groups excluding carboxylic acids is 1. The summed E-state index contributed by atoms with van der Waals surface area (Å²) in [4.78, 5) is 16.9. The number of rotatable bonds is 3. The molecule has 0 radical (unpaired) electrons. The van der Waals surface area contributed by atoms with Gasteiger partial charge in [0.15, 0.2) is 5.78 Å². The van der Waals surface area contributed by atoms with Gasteiger partial charge in [-0.1, -0.05) is 28.1 Å². The molecule has 3 nitrogen and oxygen atoms in total. The van der Waals surface area contributed by atoms with Crippen LogP contribution in [0.2, 0.25) is 0 Å². The summed E-state index contributed by atoms with van der Waals surface area (Å²) < 4.78 is 1.01. The molecule has 1 aliphatic rings.